The van der Waals surface area contributed by atoms with Gasteiger partial charge in [0.25, 0.3) is 0 Å². The van der Waals surface area contributed by atoms with Gasteiger partial charge in [0.15, 0.2) is 0 Å². The summed E-state index contributed by atoms with van der Waals surface area (Å²) in [6.07, 6.45) is 8.04. The van der Waals surface area contributed by atoms with Crippen molar-refractivity contribution >= 4 is 23.2 Å². The molecule has 2 saturated heterocycles. The standard InChI is InChI=1S/C14H26Cl2N2/c15-13(11-17-7-3-1-4-8-17)14(16)12-18-9-5-2-6-10-18/h13-14H,1-12H2/t13-,14+. The summed E-state index contributed by atoms with van der Waals surface area (Å²) < 4.78 is 0. The molecule has 0 saturated carbocycles. The summed E-state index contributed by atoms with van der Waals surface area (Å²) in [5.74, 6) is 0. The van der Waals surface area contributed by atoms with Gasteiger partial charge in [0.1, 0.15) is 0 Å². The van der Waals surface area contributed by atoms with E-state index in [2.05, 4.69) is 9.80 Å². The largest absolute Gasteiger partial charge is 0.302 e. The lowest BCUT2D eigenvalue weighted by atomic mass is 10.1. The van der Waals surface area contributed by atoms with E-state index in [1.807, 2.05) is 0 Å². The van der Waals surface area contributed by atoms with Crippen molar-refractivity contribution in [3.63, 3.8) is 0 Å². The van der Waals surface area contributed by atoms with Crippen LogP contribution in [-0.4, -0.2) is 59.8 Å². The molecule has 2 nitrogen and oxygen atoms in total. The molecule has 2 atom stereocenters. The Morgan fingerprint density at radius 2 is 0.944 bits per heavy atom. The van der Waals surface area contributed by atoms with Crippen LogP contribution in [0.25, 0.3) is 0 Å². The molecule has 2 aliphatic heterocycles. The van der Waals surface area contributed by atoms with Crippen LogP contribution < -0.4 is 0 Å². The second-order valence-electron chi connectivity index (χ2n) is 5.75. The number of halogens is 2. The number of piperidine rings is 2. The van der Waals surface area contributed by atoms with E-state index in [-0.39, 0.29) is 10.8 Å². The van der Waals surface area contributed by atoms with Crippen molar-refractivity contribution in [2.24, 2.45) is 0 Å². The first-order valence-corrected chi connectivity index (χ1v) is 8.36. The maximum atomic E-state index is 6.48. The summed E-state index contributed by atoms with van der Waals surface area (Å²) in [6.45, 7) is 6.74. The number of alkyl halides is 2. The first kappa shape index (κ1) is 14.9. The van der Waals surface area contributed by atoms with E-state index in [9.17, 15) is 0 Å². The highest BCUT2D eigenvalue weighted by Crippen LogP contribution is 2.18. The van der Waals surface area contributed by atoms with Crippen molar-refractivity contribution in [2.45, 2.75) is 49.3 Å². The monoisotopic (exact) mass is 292 g/mol. The second-order valence-corrected chi connectivity index (χ2v) is 6.88. The zero-order chi connectivity index (χ0) is 12.8. The molecule has 2 heterocycles. The number of rotatable bonds is 5. The molecule has 0 amide bonds. The normalized spacial score (nSPS) is 27.0. The lowest BCUT2D eigenvalue weighted by Gasteiger charge is -2.32. The van der Waals surface area contributed by atoms with E-state index in [1.165, 1.54) is 64.7 Å². The van der Waals surface area contributed by atoms with Crippen LogP contribution in [0.1, 0.15) is 38.5 Å². The zero-order valence-electron chi connectivity index (χ0n) is 11.3. The molecule has 0 aliphatic carbocycles. The van der Waals surface area contributed by atoms with E-state index < -0.39 is 0 Å². The third-order valence-electron chi connectivity index (χ3n) is 4.16. The Morgan fingerprint density at radius 1 is 0.611 bits per heavy atom. The number of hydrogen-bond acceptors (Lipinski definition) is 2. The number of hydrogen-bond donors (Lipinski definition) is 0. The first-order valence-electron chi connectivity index (χ1n) is 7.48. The molecule has 0 aromatic rings. The predicted octanol–water partition coefficient (Wildman–Crippen LogP) is 3.17. The Morgan fingerprint density at radius 3 is 1.28 bits per heavy atom. The smallest absolute Gasteiger partial charge is 0.0639 e. The average Bonchev–Trinajstić information content (AvgIpc) is 2.41. The van der Waals surface area contributed by atoms with Crippen molar-refractivity contribution < 1.29 is 0 Å². The summed E-state index contributed by atoms with van der Waals surface area (Å²) in [4.78, 5) is 4.96. The van der Waals surface area contributed by atoms with Gasteiger partial charge in [0.05, 0.1) is 10.8 Å². The minimum Gasteiger partial charge on any atom is -0.302 e. The van der Waals surface area contributed by atoms with Gasteiger partial charge in [-0.2, -0.15) is 0 Å². The Bertz CT molecular complexity index is 202. The van der Waals surface area contributed by atoms with Gasteiger partial charge in [0, 0.05) is 13.1 Å². The molecule has 2 fully saturated rings. The highest BCUT2D eigenvalue weighted by atomic mass is 35.5. The summed E-state index contributed by atoms with van der Waals surface area (Å²) >= 11 is 13.0. The summed E-state index contributed by atoms with van der Waals surface area (Å²) in [7, 11) is 0. The van der Waals surface area contributed by atoms with E-state index in [0.717, 1.165) is 13.1 Å². The van der Waals surface area contributed by atoms with Gasteiger partial charge in [-0.3, -0.25) is 0 Å². The summed E-state index contributed by atoms with van der Waals surface area (Å²) in [6, 6.07) is 0. The van der Waals surface area contributed by atoms with Gasteiger partial charge >= 0.3 is 0 Å². The molecule has 2 rings (SSSR count). The Kier molecular flexibility index (Phi) is 6.57. The molecule has 106 valence electrons. The van der Waals surface area contributed by atoms with Gasteiger partial charge in [-0.25, -0.2) is 0 Å². The maximum Gasteiger partial charge on any atom is 0.0639 e. The summed E-state index contributed by atoms with van der Waals surface area (Å²) in [5, 5.41) is 0.179. The Balaban J connectivity index is 1.68. The van der Waals surface area contributed by atoms with Crippen molar-refractivity contribution in [3.05, 3.63) is 0 Å². The highest BCUT2D eigenvalue weighted by Gasteiger charge is 2.23. The molecule has 18 heavy (non-hydrogen) atoms. The molecule has 0 aromatic carbocycles. The van der Waals surface area contributed by atoms with Crippen molar-refractivity contribution in [1.82, 2.24) is 9.80 Å². The van der Waals surface area contributed by atoms with E-state index in [1.54, 1.807) is 0 Å². The van der Waals surface area contributed by atoms with Crippen LogP contribution in [0.4, 0.5) is 0 Å². The van der Waals surface area contributed by atoms with Crippen LogP contribution >= 0.6 is 23.2 Å². The SMILES string of the molecule is Cl[C@H](CN1CCCCC1)[C@@H](Cl)CN1CCCCC1. The van der Waals surface area contributed by atoms with E-state index in [0.29, 0.717) is 0 Å². The second kappa shape index (κ2) is 7.94. The topological polar surface area (TPSA) is 6.48 Å². The molecule has 0 bridgehead atoms. The summed E-state index contributed by atoms with van der Waals surface area (Å²) in [5.41, 5.74) is 0. The molecular weight excluding hydrogens is 267 g/mol. The van der Waals surface area contributed by atoms with Crippen LogP contribution in [0, 0.1) is 0 Å². The average molecular weight is 293 g/mol. The lowest BCUT2D eigenvalue weighted by Crippen LogP contribution is -2.42. The molecule has 0 aromatic heterocycles. The lowest BCUT2D eigenvalue weighted by molar-refractivity contribution is 0.205. The van der Waals surface area contributed by atoms with Gasteiger partial charge in [-0.05, 0) is 51.9 Å². The van der Waals surface area contributed by atoms with Gasteiger partial charge in [-0.1, -0.05) is 12.8 Å². The first-order chi connectivity index (χ1) is 8.75. The Labute approximate surface area is 122 Å². The minimum absolute atomic E-state index is 0.0895. The minimum atomic E-state index is 0.0895. The maximum absolute atomic E-state index is 6.48. The molecule has 4 heteroatoms. The fraction of sp³-hybridized carbons (Fsp3) is 1.00. The Hall–Kier alpha value is 0.500. The van der Waals surface area contributed by atoms with Gasteiger partial charge in [0.2, 0.25) is 0 Å². The van der Waals surface area contributed by atoms with Gasteiger partial charge < -0.3 is 9.80 Å². The third-order valence-corrected chi connectivity index (χ3v) is 5.17. The van der Waals surface area contributed by atoms with E-state index >= 15 is 0 Å². The van der Waals surface area contributed by atoms with Crippen molar-refractivity contribution in [3.8, 4) is 0 Å². The van der Waals surface area contributed by atoms with Crippen LogP contribution in [0.5, 0.6) is 0 Å². The molecular formula is C14H26Cl2N2. The number of nitrogens with zero attached hydrogens (tertiary/aromatic N) is 2. The highest BCUT2D eigenvalue weighted by molar-refractivity contribution is 6.30. The predicted molar refractivity (Wildman–Crippen MR) is 79.9 cm³/mol. The molecule has 0 spiro atoms. The molecule has 0 N–H and O–H groups in total. The van der Waals surface area contributed by atoms with Crippen molar-refractivity contribution in [1.29, 1.82) is 0 Å². The fourth-order valence-electron chi connectivity index (χ4n) is 3.01. The molecule has 0 unspecified atom stereocenters. The molecule has 2 aliphatic rings. The van der Waals surface area contributed by atoms with Gasteiger partial charge in [-0.15, -0.1) is 23.2 Å². The molecule has 0 radical (unpaired) electrons. The van der Waals surface area contributed by atoms with E-state index in [4.69, 9.17) is 23.2 Å². The fourth-order valence-corrected chi connectivity index (χ4v) is 3.56. The zero-order valence-corrected chi connectivity index (χ0v) is 12.8. The number of likely N-dealkylation sites (tertiary alicyclic amines) is 2. The van der Waals surface area contributed by atoms with Crippen LogP contribution in [-0.2, 0) is 0 Å². The van der Waals surface area contributed by atoms with Crippen LogP contribution in [0.15, 0.2) is 0 Å². The van der Waals surface area contributed by atoms with Crippen molar-refractivity contribution in [2.75, 3.05) is 39.3 Å². The quantitative estimate of drug-likeness (QED) is 0.718. The van der Waals surface area contributed by atoms with Crippen LogP contribution in [0.2, 0.25) is 0 Å². The third kappa shape index (κ3) is 4.88. The van der Waals surface area contributed by atoms with Crippen LogP contribution in [0.3, 0.4) is 0 Å².